The first-order valence-corrected chi connectivity index (χ1v) is 6.90. The Morgan fingerprint density at radius 2 is 1.94 bits per heavy atom. The van der Waals surface area contributed by atoms with Crippen LogP contribution < -0.4 is 5.32 Å². The summed E-state index contributed by atoms with van der Waals surface area (Å²) in [5.74, 6) is 0.743. The van der Waals surface area contributed by atoms with Crippen LogP contribution >= 0.6 is 0 Å². The van der Waals surface area contributed by atoms with Crippen LogP contribution in [-0.4, -0.2) is 13.1 Å². The smallest absolute Gasteiger partial charge is 0.00500 e. The van der Waals surface area contributed by atoms with E-state index in [9.17, 15) is 0 Å². The van der Waals surface area contributed by atoms with Crippen LogP contribution in [0.2, 0.25) is 0 Å². The first-order chi connectivity index (χ1) is 8.10. The Kier molecular flexibility index (Phi) is 3.88. The van der Waals surface area contributed by atoms with E-state index in [0.717, 1.165) is 12.5 Å². The summed E-state index contributed by atoms with van der Waals surface area (Å²) in [5, 5.41) is 3.52. The van der Waals surface area contributed by atoms with E-state index in [1.807, 2.05) is 0 Å². The van der Waals surface area contributed by atoms with Gasteiger partial charge in [0, 0.05) is 12.0 Å². The summed E-state index contributed by atoms with van der Waals surface area (Å²) in [6, 6.07) is 9.31. The second-order valence-electron chi connectivity index (χ2n) is 6.14. The lowest BCUT2D eigenvalue weighted by Gasteiger charge is -2.34. The summed E-state index contributed by atoms with van der Waals surface area (Å²) in [7, 11) is 0. The van der Waals surface area contributed by atoms with Crippen molar-refractivity contribution in [2.24, 2.45) is 5.92 Å². The lowest BCUT2D eigenvalue weighted by molar-refractivity contribution is 0.339. The molecule has 1 aliphatic heterocycles. The third-order valence-electron chi connectivity index (χ3n) is 3.89. The predicted octanol–water partition coefficient (Wildman–Crippen LogP) is 3.53. The molecule has 0 amide bonds. The minimum Gasteiger partial charge on any atom is -0.316 e. The van der Waals surface area contributed by atoms with Gasteiger partial charge in [-0.05, 0) is 42.9 Å². The molecule has 1 heteroatoms. The summed E-state index contributed by atoms with van der Waals surface area (Å²) in [4.78, 5) is 0. The summed E-state index contributed by atoms with van der Waals surface area (Å²) in [5.41, 5.74) is 3.31. The summed E-state index contributed by atoms with van der Waals surface area (Å²) in [6.07, 6.45) is 3.79. The van der Waals surface area contributed by atoms with Crippen molar-refractivity contribution >= 4 is 0 Å². The van der Waals surface area contributed by atoms with Crippen LogP contribution in [0.4, 0.5) is 0 Å². The van der Waals surface area contributed by atoms with Crippen LogP contribution in [0.1, 0.15) is 44.7 Å². The molecule has 0 aliphatic carbocycles. The molecule has 0 aromatic heterocycles. The van der Waals surface area contributed by atoms with Gasteiger partial charge >= 0.3 is 0 Å². The molecule has 1 fully saturated rings. The Labute approximate surface area is 106 Å². The fraction of sp³-hybridized carbons (Fsp3) is 0.625. The maximum absolute atomic E-state index is 3.52. The third kappa shape index (κ3) is 3.10. The van der Waals surface area contributed by atoms with E-state index >= 15 is 0 Å². The van der Waals surface area contributed by atoms with E-state index in [1.165, 1.54) is 36.9 Å². The lowest BCUT2D eigenvalue weighted by atomic mass is 9.76. The van der Waals surface area contributed by atoms with Gasteiger partial charge in [0.05, 0.1) is 0 Å². The van der Waals surface area contributed by atoms with Crippen molar-refractivity contribution in [2.45, 2.75) is 45.4 Å². The van der Waals surface area contributed by atoms with E-state index in [0.29, 0.717) is 5.41 Å². The summed E-state index contributed by atoms with van der Waals surface area (Å²) in [6.45, 7) is 9.24. The normalized spacial score (nSPS) is 25.2. The highest BCUT2D eigenvalue weighted by atomic mass is 14.9. The van der Waals surface area contributed by atoms with E-state index in [2.05, 4.69) is 50.4 Å². The Morgan fingerprint density at radius 1 is 1.24 bits per heavy atom. The Balaban J connectivity index is 2.11. The van der Waals surface area contributed by atoms with E-state index < -0.39 is 0 Å². The van der Waals surface area contributed by atoms with Crippen molar-refractivity contribution in [3.05, 3.63) is 35.4 Å². The molecule has 1 saturated heterocycles. The highest BCUT2D eigenvalue weighted by Crippen LogP contribution is 2.30. The van der Waals surface area contributed by atoms with Gasteiger partial charge in [-0.25, -0.2) is 0 Å². The molecule has 1 aliphatic rings. The zero-order valence-corrected chi connectivity index (χ0v) is 11.4. The van der Waals surface area contributed by atoms with Gasteiger partial charge in [0.15, 0.2) is 0 Å². The highest BCUT2D eigenvalue weighted by molar-refractivity contribution is 5.29. The average molecular weight is 231 g/mol. The van der Waals surface area contributed by atoms with E-state index in [-0.39, 0.29) is 0 Å². The van der Waals surface area contributed by atoms with Gasteiger partial charge < -0.3 is 5.32 Å². The monoisotopic (exact) mass is 231 g/mol. The molecule has 1 nitrogen and oxygen atoms in total. The largest absolute Gasteiger partial charge is 0.316 e. The first-order valence-electron chi connectivity index (χ1n) is 6.90. The zero-order valence-electron chi connectivity index (χ0n) is 11.4. The number of hydrogen-bond acceptors (Lipinski definition) is 1. The molecule has 17 heavy (non-hydrogen) atoms. The molecule has 94 valence electrons. The van der Waals surface area contributed by atoms with Crippen molar-refractivity contribution in [3.63, 3.8) is 0 Å². The molecule has 1 aromatic rings. The number of nitrogens with one attached hydrogen (secondary N) is 1. The van der Waals surface area contributed by atoms with E-state index in [1.54, 1.807) is 0 Å². The van der Waals surface area contributed by atoms with Gasteiger partial charge in [-0.2, -0.15) is 0 Å². The van der Waals surface area contributed by atoms with Gasteiger partial charge in [-0.1, -0.05) is 45.0 Å². The van der Waals surface area contributed by atoms with E-state index in [4.69, 9.17) is 0 Å². The van der Waals surface area contributed by atoms with Crippen molar-refractivity contribution in [3.8, 4) is 0 Å². The molecule has 0 radical (unpaired) electrons. The fourth-order valence-corrected chi connectivity index (χ4v) is 2.82. The molecule has 2 rings (SSSR count). The summed E-state index contributed by atoms with van der Waals surface area (Å²) < 4.78 is 0. The predicted molar refractivity (Wildman–Crippen MR) is 74.4 cm³/mol. The number of benzene rings is 1. The molecule has 1 N–H and O–H groups in total. The van der Waals surface area contributed by atoms with Crippen LogP contribution in [0.3, 0.4) is 0 Å². The van der Waals surface area contributed by atoms with Crippen molar-refractivity contribution in [2.75, 3.05) is 13.1 Å². The van der Waals surface area contributed by atoms with Crippen LogP contribution in [0, 0.1) is 5.92 Å². The van der Waals surface area contributed by atoms with Crippen LogP contribution in [0.5, 0.6) is 0 Å². The van der Waals surface area contributed by atoms with Gasteiger partial charge in [0.1, 0.15) is 0 Å². The van der Waals surface area contributed by atoms with Crippen molar-refractivity contribution in [1.82, 2.24) is 5.32 Å². The highest BCUT2D eigenvalue weighted by Gasteiger charge is 2.28. The molecule has 1 heterocycles. The SMILES string of the molecule is CC(C)Cc1ccc(C2(C)CCCNC2)cc1. The zero-order chi connectivity index (χ0) is 12.3. The molecular formula is C16H25N. The molecule has 0 bridgehead atoms. The topological polar surface area (TPSA) is 12.0 Å². The molecule has 1 aromatic carbocycles. The van der Waals surface area contributed by atoms with Gasteiger partial charge in [0.25, 0.3) is 0 Å². The Hall–Kier alpha value is -0.820. The Morgan fingerprint density at radius 3 is 2.47 bits per heavy atom. The van der Waals surface area contributed by atoms with Crippen LogP contribution in [0.25, 0.3) is 0 Å². The lowest BCUT2D eigenvalue weighted by Crippen LogP contribution is -2.41. The van der Waals surface area contributed by atoms with Crippen LogP contribution in [-0.2, 0) is 11.8 Å². The second-order valence-corrected chi connectivity index (χ2v) is 6.14. The molecular weight excluding hydrogens is 206 g/mol. The van der Waals surface area contributed by atoms with Gasteiger partial charge in [0.2, 0.25) is 0 Å². The number of hydrogen-bond donors (Lipinski definition) is 1. The Bertz CT molecular complexity index is 344. The molecule has 0 spiro atoms. The van der Waals surface area contributed by atoms with Crippen molar-refractivity contribution < 1.29 is 0 Å². The molecule has 0 saturated carbocycles. The third-order valence-corrected chi connectivity index (χ3v) is 3.89. The van der Waals surface area contributed by atoms with Crippen LogP contribution in [0.15, 0.2) is 24.3 Å². The second kappa shape index (κ2) is 5.22. The maximum Gasteiger partial charge on any atom is 0.00500 e. The average Bonchev–Trinajstić information content (AvgIpc) is 2.30. The van der Waals surface area contributed by atoms with Crippen molar-refractivity contribution in [1.29, 1.82) is 0 Å². The molecule has 1 unspecified atom stereocenters. The quantitative estimate of drug-likeness (QED) is 0.839. The van der Waals surface area contributed by atoms with Gasteiger partial charge in [-0.15, -0.1) is 0 Å². The maximum atomic E-state index is 3.52. The first kappa shape index (κ1) is 12.6. The molecule has 1 atom stereocenters. The number of piperidine rings is 1. The minimum absolute atomic E-state index is 0.342. The van der Waals surface area contributed by atoms with Gasteiger partial charge in [-0.3, -0.25) is 0 Å². The summed E-state index contributed by atoms with van der Waals surface area (Å²) >= 11 is 0. The fourth-order valence-electron chi connectivity index (χ4n) is 2.82. The minimum atomic E-state index is 0.342. The standard InChI is InChI=1S/C16H25N/c1-13(2)11-14-5-7-15(8-6-14)16(3)9-4-10-17-12-16/h5-8,13,17H,4,9-12H2,1-3H3. The number of rotatable bonds is 3.